The van der Waals surface area contributed by atoms with E-state index in [2.05, 4.69) is 49.9 Å². The quantitative estimate of drug-likeness (QED) is 0.853. The minimum absolute atomic E-state index is 0.0130. The van der Waals surface area contributed by atoms with Gasteiger partial charge in [-0.1, -0.05) is 0 Å². The van der Waals surface area contributed by atoms with Crippen molar-refractivity contribution < 1.29 is 0 Å². The minimum Gasteiger partial charge on any atom is -0.323 e. The Morgan fingerprint density at radius 3 is 2.72 bits per heavy atom. The third-order valence-electron chi connectivity index (χ3n) is 2.83. The zero-order chi connectivity index (χ0) is 13.3. The Bertz CT molecular complexity index is 548. The van der Waals surface area contributed by atoms with Crippen LogP contribution in [0.2, 0.25) is 0 Å². The van der Waals surface area contributed by atoms with Crippen molar-refractivity contribution in [2.45, 2.75) is 32.9 Å². The highest BCUT2D eigenvalue weighted by Crippen LogP contribution is 2.30. The van der Waals surface area contributed by atoms with Crippen LogP contribution in [0.3, 0.4) is 0 Å². The van der Waals surface area contributed by atoms with Gasteiger partial charge in [0.2, 0.25) is 0 Å². The van der Waals surface area contributed by atoms with E-state index in [1.165, 1.54) is 10.6 Å². The molecular formula is C12H15Br2N3S. The fourth-order valence-electron chi connectivity index (χ4n) is 1.90. The fraction of sp³-hybridized carbons (Fsp3) is 0.417. The second kappa shape index (κ2) is 5.86. The first-order chi connectivity index (χ1) is 8.52. The van der Waals surface area contributed by atoms with Crippen molar-refractivity contribution in [1.82, 2.24) is 9.78 Å². The second-order valence-corrected chi connectivity index (χ2v) is 7.40. The number of thiophene rings is 1. The van der Waals surface area contributed by atoms with Crippen molar-refractivity contribution in [3.05, 3.63) is 36.7 Å². The van der Waals surface area contributed by atoms with Crippen LogP contribution in [0.4, 0.5) is 0 Å². The molecule has 1 atom stereocenters. The molecule has 0 spiro atoms. The minimum atomic E-state index is 0.0130. The summed E-state index contributed by atoms with van der Waals surface area (Å²) >= 11 is 8.76. The lowest BCUT2D eigenvalue weighted by Gasteiger charge is -2.11. The maximum absolute atomic E-state index is 6.27. The predicted octanol–water partition coefficient (Wildman–Crippen LogP) is 4.04. The Morgan fingerprint density at radius 2 is 2.17 bits per heavy atom. The van der Waals surface area contributed by atoms with Crippen molar-refractivity contribution in [3.8, 4) is 0 Å². The monoisotopic (exact) mass is 391 g/mol. The van der Waals surface area contributed by atoms with Crippen LogP contribution >= 0.6 is 43.2 Å². The SMILES string of the molecule is CCn1nc(C)c(Br)c1CC(N)c1ccc(Br)s1. The molecule has 0 saturated carbocycles. The van der Waals surface area contributed by atoms with E-state index in [0.29, 0.717) is 0 Å². The molecule has 0 bridgehead atoms. The molecule has 0 aliphatic rings. The smallest absolute Gasteiger partial charge is 0.0738 e. The van der Waals surface area contributed by atoms with Crippen LogP contribution in [0.25, 0.3) is 0 Å². The molecule has 0 aliphatic carbocycles. The molecule has 1 unspecified atom stereocenters. The summed E-state index contributed by atoms with van der Waals surface area (Å²) in [5, 5.41) is 4.49. The van der Waals surface area contributed by atoms with Gasteiger partial charge in [0.25, 0.3) is 0 Å². The van der Waals surface area contributed by atoms with Gasteiger partial charge in [0.05, 0.1) is 19.6 Å². The third-order valence-corrected chi connectivity index (χ3v) is 5.61. The first kappa shape index (κ1) is 14.2. The van der Waals surface area contributed by atoms with Gasteiger partial charge in [-0.2, -0.15) is 5.10 Å². The Balaban J connectivity index is 2.23. The number of rotatable bonds is 4. The molecule has 2 heterocycles. The molecule has 2 aromatic heterocycles. The van der Waals surface area contributed by atoms with Gasteiger partial charge in [0.1, 0.15) is 0 Å². The molecule has 2 aromatic rings. The van der Waals surface area contributed by atoms with Crippen molar-refractivity contribution >= 4 is 43.2 Å². The molecule has 3 nitrogen and oxygen atoms in total. The van der Waals surface area contributed by atoms with E-state index < -0.39 is 0 Å². The summed E-state index contributed by atoms with van der Waals surface area (Å²) in [6.07, 6.45) is 0.794. The van der Waals surface area contributed by atoms with Crippen molar-refractivity contribution in [2.75, 3.05) is 0 Å². The summed E-state index contributed by atoms with van der Waals surface area (Å²) in [6, 6.07) is 4.13. The number of hydrogen-bond acceptors (Lipinski definition) is 3. The van der Waals surface area contributed by atoms with Crippen molar-refractivity contribution in [1.29, 1.82) is 0 Å². The molecule has 0 radical (unpaired) electrons. The number of hydrogen-bond donors (Lipinski definition) is 1. The molecular weight excluding hydrogens is 378 g/mol. The zero-order valence-corrected chi connectivity index (χ0v) is 14.3. The molecule has 0 aliphatic heterocycles. The molecule has 0 saturated heterocycles. The van der Waals surface area contributed by atoms with Crippen LogP contribution in [0.1, 0.15) is 29.2 Å². The van der Waals surface area contributed by atoms with Gasteiger partial charge < -0.3 is 5.73 Å². The van der Waals surface area contributed by atoms with Crippen LogP contribution in [0.15, 0.2) is 20.4 Å². The van der Waals surface area contributed by atoms with E-state index in [-0.39, 0.29) is 6.04 Å². The number of nitrogens with zero attached hydrogens (tertiary/aromatic N) is 2. The first-order valence-electron chi connectivity index (χ1n) is 5.75. The maximum Gasteiger partial charge on any atom is 0.0738 e. The summed E-state index contributed by atoms with van der Waals surface area (Å²) in [5.41, 5.74) is 8.46. The van der Waals surface area contributed by atoms with E-state index in [1.54, 1.807) is 11.3 Å². The summed E-state index contributed by atoms with van der Waals surface area (Å²) in [7, 11) is 0. The van der Waals surface area contributed by atoms with E-state index >= 15 is 0 Å². The highest BCUT2D eigenvalue weighted by molar-refractivity contribution is 9.11. The van der Waals surface area contributed by atoms with Gasteiger partial charge >= 0.3 is 0 Å². The highest BCUT2D eigenvalue weighted by Gasteiger charge is 2.17. The van der Waals surface area contributed by atoms with E-state index in [0.717, 1.165) is 26.9 Å². The molecule has 18 heavy (non-hydrogen) atoms. The van der Waals surface area contributed by atoms with Crippen LogP contribution in [0, 0.1) is 6.92 Å². The number of aromatic nitrogens is 2. The lowest BCUT2D eigenvalue weighted by atomic mass is 10.1. The maximum atomic E-state index is 6.27. The van der Waals surface area contributed by atoms with Gasteiger partial charge in [0, 0.05) is 23.9 Å². The molecule has 2 rings (SSSR count). The average molecular weight is 393 g/mol. The van der Waals surface area contributed by atoms with Gasteiger partial charge in [0.15, 0.2) is 0 Å². The largest absolute Gasteiger partial charge is 0.323 e. The van der Waals surface area contributed by atoms with E-state index in [4.69, 9.17) is 5.73 Å². The average Bonchev–Trinajstić information content (AvgIpc) is 2.88. The second-order valence-electron chi connectivity index (χ2n) is 4.11. The summed E-state index contributed by atoms with van der Waals surface area (Å²) in [6.45, 7) is 4.96. The van der Waals surface area contributed by atoms with Crippen LogP contribution in [0.5, 0.6) is 0 Å². The van der Waals surface area contributed by atoms with Crippen LogP contribution < -0.4 is 5.73 Å². The Morgan fingerprint density at radius 1 is 1.44 bits per heavy atom. The Hall–Kier alpha value is -0.170. The standard InChI is InChI=1S/C12H15Br2N3S/c1-3-17-9(12(14)7(2)16-17)6-8(15)10-4-5-11(13)18-10/h4-5,8H,3,6,15H2,1-2H3. The number of nitrogens with two attached hydrogens (primary N) is 1. The molecule has 0 fully saturated rings. The van der Waals surface area contributed by atoms with E-state index in [1.807, 2.05) is 17.7 Å². The van der Waals surface area contributed by atoms with Gasteiger partial charge in [-0.05, 0) is 57.8 Å². The molecule has 0 aromatic carbocycles. The molecule has 2 N–H and O–H groups in total. The van der Waals surface area contributed by atoms with Crippen molar-refractivity contribution in [2.24, 2.45) is 5.73 Å². The number of aryl methyl sites for hydroxylation is 2. The van der Waals surface area contributed by atoms with Gasteiger partial charge in [-0.15, -0.1) is 11.3 Å². The Labute approximate surface area is 128 Å². The lowest BCUT2D eigenvalue weighted by molar-refractivity contribution is 0.589. The van der Waals surface area contributed by atoms with Gasteiger partial charge in [-0.25, -0.2) is 0 Å². The summed E-state index contributed by atoms with van der Waals surface area (Å²) in [5.74, 6) is 0. The van der Waals surface area contributed by atoms with Gasteiger partial charge in [-0.3, -0.25) is 4.68 Å². The zero-order valence-electron chi connectivity index (χ0n) is 10.3. The van der Waals surface area contributed by atoms with Crippen LogP contribution in [-0.2, 0) is 13.0 Å². The van der Waals surface area contributed by atoms with E-state index in [9.17, 15) is 0 Å². The predicted molar refractivity (Wildman–Crippen MR) is 83.0 cm³/mol. The first-order valence-corrected chi connectivity index (χ1v) is 8.15. The normalized spacial score (nSPS) is 12.9. The number of halogens is 2. The highest BCUT2D eigenvalue weighted by atomic mass is 79.9. The summed E-state index contributed by atoms with van der Waals surface area (Å²) < 4.78 is 4.21. The lowest BCUT2D eigenvalue weighted by Crippen LogP contribution is -2.15. The summed E-state index contributed by atoms with van der Waals surface area (Å²) in [4.78, 5) is 1.19. The fourth-order valence-corrected chi connectivity index (χ4v) is 3.77. The van der Waals surface area contributed by atoms with Crippen molar-refractivity contribution in [3.63, 3.8) is 0 Å². The molecule has 6 heteroatoms. The molecule has 98 valence electrons. The Kier molecular flexibility index (Phi) is 4.64. The third kappa shape index (κ3) is 2.87. The topological polar surface area (TPSA) is 43.8 Å². The molecule has 0 amide bonds. The van der Waals surface area contributed by atoms with Crippen LogP contribution in [-0.4, -0.2) is 9.78 Å².